The van der Waals surface area contributed by atoms with Crippen molar-refractivity contribution in [3.63, 3.8) is 0 Å². The normalized spacial score (nSPS) is 17.7. The summed E-state index contributed by atoms with van der Waals surface area (Å²) in [5, 5.41) is 24.0. The van der Waals surface area contributed by atoms with Crippen molar-refractivity contribution in [2.24, 2.45) is 0 Å². The molecular formula is C28H27ClF3N3O5. The van der Waals surface area contributed by atoms with E-state index in [4.69, 9.17) is 11.6 Å². The zero-order valence-electron chi connectivity index (χ0n) is 21.3. The molecule has 212 valence electrons. The number of carbonyl (C=O) groups excluding carboxylic acids is 2. The zero-order chi connectivity index (χ0) is 29.0. The predicted octanol–water partition coefficient (Wildman–Crippen LogP) is 4.56. The first-order valence-electron chi connectivity index (χ1n) is 12.5. The van der Waals surface area contributed by atoms with E-state index in [0.717, 1.165) is 5.56 Å². The second-order valence-corrected chi connectivity index (χ2v) is 9.82. The molecule has 0 bridgehead atoms. The molecule has 2 unspecified atom stereocenters. The fraction of sp³-hybridized carbons (Fsp3) is 0.321. The van der Waals surface area contributed by atoms with Crippen molar-refractivity contribution >= 4 is 23.4 Å². The molecule has 2 amide bonds. The van der Waals surface area contributed by atoms with Gasteiger partial charge in [-0.2, -0.15) is 0 Å². The van der Waals surface area contributed by atoms with Gasteiger partial charge in [0.1, 0.15) is 5.75 Å². The number of aliphatic hydroxyl groups is 2. The van der Waals surface area contributed by atoms with Gasteiger partial charge >= 0.3 is 6.36 Å². The SMILES string of the molecule is CC(NC(=O)[C@H](O)[C@@H](O)C(=O)N1CCCC1c1cccc(Cl)c1)c1ccc(-c2ccccc2OC(F)(F)F)cn1. The lowest BCUT2D eigenvalue weighted by Crippen LogP contribution is -2.51. The molecule has 40 heavy (non-hydrogen) atoms. The van der Waals surface area contributed by atoms with E-state index in [2.05, 4.69) is 15.0 Å². The van der Waals surface area contributed by atoms with Crippen LogP contribution in [0.1, 0.15) is 43.1 Å². The smallest absolute Gasteiger partial charge is 0.405 e. The number of likely N-dealkylation sites (tertiary alicyclic amines) is 1. The molecule has 1 aromatic heterocycles. The van der Waals surface area contributed by atoms with E-state index in [-0.39, 0.29) is 17.4 Å². The van der Waals surface area contributed by atoms with Crippen LogP contribution in [0.4, 0.5) is 13.2 Å². The third kappa shape index (κ3) is 6.90. The van der Waals surface area contributed by atoms with E-state index in [1.165, 1.54) is 41.4 Å². The zero-order valence-corrected chi connectivity index (χ0v) is 22.1. The number of nitrogens with one attached hydrogen (secondary N) is 1. The first kappa shape index (κ1) is 29.3. The first-order chi connectivity index (χ1) is 18.9. The van der Waals surface area contributed by atoms with Crippen molar-refractivity contribution in [2.75, 3.05) is 6.54 Å². The van der Waals surface area contributed by atoms with Crippen LogP contribution in [0, 0.1) is 0 Å². The summed E-state index contributed by atoms with van der Waals surface area (Å²) in [6.07, 6.45) is -6.24. The van der Waals surface area contributed by atoms with Gasteiger partial charge in [-0.25, -0.2) is 0 Å². The highest BCUT2D eigenvalue weighted by Crippen LogP contribution is 2.35. The van der Waals surface area contributed by atoms with Gasteiger partial charge in [0.25, 0.3) is 11.8 Å². The molecule has 0 radical (unpaired) electrons. The highest BCUT2D eigenvalue weighted by atomic mass is 35.5. The molecular weight excluding hydrogens is 551 g/mol. The van der Waals surface area contributed by atoms with Crippen LogP contribution in [0.15, 0.2) is 66.9 Å². The number of nitrogens with zero attached hydrogens (tertiary/aromatic N) is 2. The van der Waals surface area contributed by atoms with Crippen molar-refractivity contribution in [3.8, 4) is 16.9 Å². The van der Waals surface area contributed by atoms with Crippen molar-refractivity contribution in [1.29, 1.82) is 0 Å². The number of carbonyl (C=O) groups is 2. The summed E-state index contributed by atoms with van der Waals surface area (Å²) in [5.74, 6) is -2.15. The number of alkyl halides is 3. The van der Waals surface area contributed by atoms with E-state index in [0.29, 0.717) is 35.7 Å². The van der Waals surface area contributed by atoms with E-state index in [1.807, 2.05) is 6.07 Å². The predicted molar refractivity (Wildman–Crippen MR) is 140 cm³/mol. The first-order valence-corrected chi connectivity index (χ1v) is 12.9. The third-order valence-corrected chi connectivity index (χ3v) is 6.84. The quantitative estimate of drug-likeness (QED) is 0.362. The van der Waals surface area contributed by atoms with Crippen LogP contribution in [0.5, 0.6) is 5.75 Å². The van der Waals surface area contributed by atoms with Crippen molar-refractivity contribution in [2.45, 2.75) is 50.4 Å². The van der Waals surface area contributed by atoms with E-state index >= 15 is 0 Å². The number of rotatable bonds is 8. The fourth-order valence-electron chi connectivity index (χ4n) is 4.65. The number of pyridine rings is 1. The lowest BCUT2D eigenvalue weighted by atomic mass is 10.0. The summed E-state index contributed by atoms with van der Waals surface area (Å²) in [4.78, 5) is 31.3. The maximum atomic E-state index is 13.0. The number of hydrogen-bond donors (Lipinski definition) is 3. The molecule has 0 spiro atoms. The second-order valence-electron chi connectivity index (χ2n) is 9.38. The van der Waals surface area contributed by atoms with Crippen LogP contribution in [-0.4, -0.2) is 57.0 Å². The number of ether oxygens (including phenoxy) is 1. The summed E-state index contributed by atoms with van der Waals surface area (Å²) in [6, 6.07) is 14.5. The van der Waals surface area contributed by atoms with Gasteiger partial charge in [0.05, 0.1) is 17.8 Å². The number of aliphatic hydroxyl groups excluding tert-OH is 2. The van der Waals surface area contributed by atoms with Crippen LogP contribution < -0.4 is 10.1 Å². The molecule has 8 nitrogen and oxygen atoms in total. The average Bonchev–Trinajstić information content (AvgIpc) is 3.41. The molecule has 1 aliphatic rings. The molecule has 3 N–H and O–H groups in total. The number of hydrogen-bond acceptors (Lipinski definition) is 6. The molecule has 2 aromatic carbocycles. The molecule has 4 rings (SSSR count). The lowest BCUT2D eigenvalue weighted by Gasteiger charge is -2.29. The van der Waals surface area contributed by atoms with Gasteiger partial charge in [-0.1, -0.05) is 48.0 Å². The molecule has 1 saturated heterocycles. The fourth-order valence-corrected chi connectivity index (χ4v) is 4.85. The molecule has 2 heterocycles. The Balaban J connectivity index is 1.40. The highest BCUT2D eigenvalue weighted by Gasteiger charge is 2.39. The minimum absolute atomic E-state index is 0.172. The van der Waals surface area contributed by atoms with Crippen LogP contribution in [0.2, 0.25) is 5.02 Å². The number of amides is 2. The molecule has 3 aromatic rings. The van der Waals surface area contributed by atoms with Crippen molar-refractivity contribution < 1.29 is 37.7 Å². The van der Waals surface area contributed by atoms with Crippen LogP contribution in [0.3, 0.4) is 0 Å². The van der Waals surface area contributed by atoms with Crippen molar-refractivity contribution in [1.82, 2.24) is 15.2 Å². The van der Waals surface area contributed by atoms with Gasteiger partial charge in [0.15, 0.2) is 12.2 Å². The number of aromatic nitrogens is 1. The summed E-state index contributed by atoms with van der Waals surface area (Å²) in [6.45, 7) is 1.92. The Bertz CT molecular complexity index is 1360. The molecule has 4 atom stereocenters. The molecule has 12 heteroatoms. The molecule has 1 fully saturated rings. The minimum atomic E-state index is -4.86. The largest absolute Gasteiger partial charge is 0.573 e. The van der Waals surface area contributed by atoms with E-state index in [9.17, 15) is 33.0 Å². The maximum absolute atomic E-state index is 13.0. The van der Waals surface area contributed by atoms with Crippen LogP contribution in [0.25, 0.3) is 11.1 Å². The van der Waals surface area contributed by atoms with Gasteiger partial charge in [0.2, 0.25) is 0 Å². The summed E-state index contributed by atoms with van der Waals surface area (Å²) in [5.41, 5.74) is 1.65. The third-order valence-electron chi connectivity index (χ3n) is 6.60. The van der Waals surface area contributed by atoms with Gasteiger partial charge in [-0.05, 0) is 49.6 Å². The number of para-hydroxylation sites is 1. The van der Waals surface area contributed by atoms with Gasteiger partial charge in [-0.3, -0.25) is 14.6 Å². The Morgan fingerprint density at radius 1 is 1.10 bits per heavy atom. The lowest BCUT2D eigenvalue weighted by molar-refractivity contribution is -0.274. The van der Waals surface area contributed by atoms with E-state index in [1.54, 1.807) is 31.2 Å². The monoisotopic (exact) mass is 577 g/mol. The average molecular weight is 578 g/mol. The topological polar surface area (TPSA) is 112 Å². The Hall–Kier alpha value is -3.67. The van der Waals surface area contributed by atoms with E-state index < -0.39 is 36.4 Å². The van der Waals surface area contributed by atoms with Gasteiger partial charge in [0, 0.05) is 28.9 Å². The number of halogens is 4. The Labute approximate surface area is 233 Å². The molecule has 0 saturated carbocycles. The molecule has 0 aliphatic carbocycles. The summed E-state index contributed by atoms with van der Waals surface area (Å²) < 4.78 is 42.4. The van der Waals surface area contributed by atoms with Crippen LogP contribution in [-0.2, 0) is 9.59 Å². The Morgan fingerprint density at radius 3 is 2.52 bits per heavy atom. The summed E-state index contributed by atoms with van der Waals surface area (Å²) >= 11 is 6.08. The van der Waals surface area contributed by atoms with Crippen molar-refractivity contribution in [3.05, 3.63) is 83.1 Å². The van der Waals surface area contributed by atoms with Gasteiger partial charge in [-0.15, -0.1) is 13.2 Å². The van der Waals surface area contributed by atoms with Crippen LogP contribution >= 0.6 is 11.6 Å². The second kappa shape index (κ2) is 12.2. The summed E-state index contributed by atoms with van der Waals surface area (Å²) in [7, 11) is 0. The Morgan fingerprint density at radius 2 is 1.85 bits per heavy atom. The minimum Gasteiger partial charge on any atom is -0.405 e. The number of benzene rings is 2. The maximum Gasteiger partial charge on any atom is 0.573 e. The standard InChI is InChI=1S/C28H27ClF3N3O5/c1-16(21-12-11-18(15-33-21)20-8-2-3-10-23(20)40-28(30,31)32)34-26(38)24(36)25(37)27(39)35-13-5-9-22(35)17-6-4-7-19(29)14-17/h2-4,6-8,10-12,14-16,22,24-25,36-37H,5,9,13H2,1H3,(H,34,38)/t16?,22?,24-,25-/m1/s1. The Kier molecular flexibility index (Phi) is 8.97. The highest BCUT2D eigenvalue weighted by molar-refractivity contribution is 6.30. The van der Waals surface area contributed by atoms with Gasteiger partial charge < -0.3 is 25.2 Å². The molecule has 1 aliphatic heterocycles.